The van der Waals surface area contributed by atoms with Crippen molar-refractivity contribution in [3.8, 4) is 11.8 Å². The van der Waals surface area contributed by atoms with E-state index in [2.05, 4.69) is 32.5 Å². The second-order valence-electron chi connectivity index (χ2n) is 3.06. The zero-order valence-corrected chi connectivity index (χ0v) is 11.3. The molecule has 0 heterocycles. The SMILES string of the molecule is CC#CCNS(=O)(=O)c1cc(Br)c(F)cc1N. The Morgan fingerprint density at radius 2 is 2.18 bits per heavy atom. The van der Waals surface area contributed by atoms with Crippen LogP contribution in [0.3, 0.4) is 0 Å². The van der Waals surface area contributed by atoms with Crippen molar-refractivity contribution in [3.05, 3.63) is 22.4 Å². The summed E-state index contributed by atoms with van der Waals surface area (Å²) in [6.07, 6.45) is 0. The van der Waals surface area contributed by atoms with Crippen molar-refractivity contribution in [3.63, 3.8) is 0 Å². The number of benzene rings is 1. The Morgan fingerprint density at radius 1 is 1.53 bits per heavy atom. The summed E-state index contributed by atoms with van der Waals surface area (Å²) in [6, 6.07) is 2.07. The molecule has 0 atom stereocenters. The van der Waals surface area contributed by atoms with Crippen molar-refractivity contribution in [2.45, 2.75) is 11.8 Å². The maximum Gasteiger partial charge on any atom is 0.243 e. The van der Waals surface area contributed by atoms with Gasteiger partial charge >= 0.3 is 0 Å². The van der Waals surface area contributed by atoms with E-state index in [0.29, 0.717) is 0 Å². The Kier molecular flexibility index (Phi) is 4.51. The van der Waals surface area contributed by atoms with Crippen LogP contribution >= 0.6 is 15.9 Å². The number of rotatable bonds is 3. The molecule has 1 rings (SSSR count). The predicted octanol–water partition coefficient (Wildman–Crippen LogP) is 1.47. The van der Waals surface area contributed by atoms with Gasteiger partial charge in [-0.2, -0.15) is 4.72 Å². The second-order valence-corrected chi connectivity index (χ2v) is 5.65. The van der Waals surface area contributed by atoms with E-state index in [1.54, 1.807) is 6.92 Å². The molecule has 7 heteroatoms. The Balaban J connectivity index is 3.14. The van der Waals surface area contributed by atoms with E-state index in [0.717, 1.165) is 12.1 Å². The third-order valence-electron chi connectivity index (χ3n) is 1.87. The normalized spacial score (nSPS) is 10.8. The lowest BCUT2D eigenvalue weighted by Gasteiger charge is -2.08. The fourth-order valence-electron chi connectivity index (χ4n) is 1.07. The monoisotopic (exact) mass is 320 g/mol. The van der Waals surface area contributed by atoms with E-state index in [9.17, 15) is 12.8 Å². The Morgan fingerprint density at radius 3 is 2.76 bits per heavy atom. The minimum absolute atomic E-state index is 0.0206. The summed E-state index contributed by atoms with van der Waals surface area (Å²) in [7, 11) is -3.78. The molecule has 0 aliphatic rings. The van der Waals surface area contributed by atoms with Crippen molar-refractivity contribution >= 4 is 31.6 Å². The predicted molar refractivity (Wildman–Crippen MR) is 67.2 cm³/mol. The van der Waals surface area contributed by atoms with E-state index in [4.69, 9.17) is 5.73 Å². The molecule has 1 aromatic rings. The van der Waals surface area contributed by atoms with Gasteiger partial charge in [-0.3, -0.25) is 0 Å². The lowest BCUT2D eigenvalue weighted by molar-refractivity contribution is 0.585. The summed E-state index contributed by atoms with van der Waals surface area (Å²) in [5, 5.41) is 0. The highest BCUT2D eigenvalue weighted by Crippen LogP contribution is 2.25. The number of nitrogens with two attached hydrogens (primary N) is 1. The standard InChI is InChI=1S/C10H10BrFN2O2S/c1-2-3-4-14-17(15,16)10-5-7(11)8(12)6-9(10)13/h5-6,14H,4,13H2,1H3. The quantitative estimate of drug-likeness (QED) is 0.654. The average Bonchev–Trinajstić information content (AvgIpc) is 2.23. The number of hydrogen-bond donors (Lipinski definition) is 2. The lowest BCUT2D eigenvalue weighted by Crippen LogP contribution is -2.25. The van der Waals surface area contributed by atoms with Crippen LogP contribution in [0.2, 0.25) is 0 Å². The molecule has 0 aliphatic heterocycles. The molecule has 92 valence electrons. The molecule has 0 bridgehead atoms. The summed E-state index contributed by atoms with van der Waals surface area (Å²) in [6.45, 7) is 1.57. The van der Waals surface area contributed by atoms with Gasteiger partial charge in [-0.05, 0) is 35.0 Å². The molecule has 1 aromatic carbocycles. The molecule has 0 aliphatic carbocycles. The minimum Gasteiger partial charge on any atom is -0.398 e. The van der Waals surface area contributed by atoms with Crippen LogP contribution < -0.4 is 10.5 Å². The highest BCUT2D eigenvalue weighted by molar-refractivity contribution is 9.10. The van der Waals surface area contributed by atoms with Gasteiger partial charge in [0.15, 0.2) is 0 Å². The number of nitrogen functional groups attached to an aromatic ring is 1. The summed E-state index contributed by atoms with van der Waals surface area (Å²) in [5.74, 6) is 4.49. The van der Waals surface area contributed by atoms with Gasteiger partial charge in [-0.15, -0.1) is 5.92 Å². The van der Waals surface area contributed by atoms with Crippen LogP contribution in [-0.4, -0.2) is 15.0 Å². The van der Waals surface area contributed by atoms with E-state index in [1.165, 1.54) is 0 Å². The summed E-state index contributed by atoms with van der Waals surface area (Å²) in [4.78, 5) is -0.177. The van der Waals surface area contributed by atoms with Gasteiger partial charge in [0.2, 0.25) is 10.0 Å². The first-order valence-corrected chi connectivity index (χ1v) is 6.80. The van der Waals surface area contributed by atoms with Crippen molar-refractivity contribution in [2.24, 2.45) is 0 Å². The van der Waals surface area contributed by atoms with Crippen molar-refractivity contribution in [2.75, 3.05) is 12.3 Å². The van der Waals surface area contributed by atoms with Crippen molar-refractivity contribution in [1.82, 2.24) is 4.72 Å². The van der Waals surface area contributed by atoms with Gasteiger partial charge < -0.3 is 5.73 Å². The zero-order chi connectivity index (χ0) is 13.1. The van der Waals surface area contributed by atoms with Crippen molar-refractivity contribution in [1.29, 1.82) is 0 Å². The van der Waals surface area contributed by atoms with E-state index >= 15 is 0 Å². The van der Waals surface area contributed by atoms with Crippen LogP contribution in [0, 0.1) is 17.7 Å². The molecular weight excluding hydrogens is 311 g/mol. The van der Waals surface area contributed by atoms with Crippen LogP contribution in [0.1, 0.15) is 6.92 Å². The number of anilines is 1. The summed E-state index contributed by atoms with van der Waals surface area (Å²) in [5.41, 5.74) is 5.31. The Labute approximate surface area is 108 Å². The lowest BCUT2D eigenvalue weighted by atomic mass is 10.3. The van der Waals surface area contributed by atoms with E-state index in [1.807, 2.05) is 0 Å². The molecule has 4 nitrogen and oxygen atoms in total. The molecule has 0 fully saturated rings. The van der Waals surface area contributed by atoms with Crippen molar-refractivity contribution < 1.29 is 12.8 Å². The molecule has 0 aromatic heterocycles. The maximum absolute atomic E-state index is 13.1. The molecule has 0 saturated heterocycles. The minimum atomic E-state index is -3.78. The van der Waals surface area contributed by atoms with Gasteiger partial charge in [0.1, 0.15) is 10.7 Å². The first-order valence-electron chi connectivity index (χ1n) is 4.52. The van der Waals surface area contributed by atoms with Crippen LogP contribution in [0.4, 0.5) is 10.1 Å². The zero-order valence-electron chi connectivity index (χ0n) is 8.92. The van der Waals surface area contributed by atoms with Gasteiger partial charge in [0.05, 0.1) is 16.7 Å². The molecule has 0 radical (unpaired) electrons. The van der Waals surface area contributed by atoms with Gasteiger partial charge in [-0.25, -0.2) is 12.8 Å². The van der Waals surface area contributed by atoms with E-state index in [-0.39, 0.29) is 21.6 Å². The molecule has 17 heavy (non-hydrogen) atoms. The van der Waals surface area contributed by atoms with Gasteiger partial charge in [0.25, 0.3) is 0 Å². The Bertz CT molecular complexity index is 590. The average molecular weight is 321 g/mol. The highest BCUT2D eigenvalue weighted by atomic mass is 79.9. The van der Waals surface area contributed by atoms with Crippen LogP contribution in [0.15, 0.2) is 21.5 Å². The molecular formula is C10H10BrFN2O2S. The fraction of sp³-hybridized carbons (Fsp3) is 0.200. The number of sulfonamides is 1. The largest absolute Gasteiger partial charge is 0.398 e. The molecule has 0 spiro atoms. The molecule has 0 saturated carbocycles. The number of hydrogen-bond acceptors (Lipinski definition) is 3. The maximum atomic E-state index is 13.1. The van der Waals surface area contributed by atoms with Gasteiger partial charge in [0, 0.05) is 0 Å². The molecule has 3 N–H and O–H groups in total. The summed E-state index contributed by atoms with van der Waals surface area (Å²) < 4.78 is 38.9. The molecule has 0 amide bonds. The first-order chi connectivity index (χ1) is 7.88. The van der Waals surface area contributed by atoms with Crippen LogP contribution in [0.25, 0.3) is 0 Å². The van der Waals surface area contributed by atoms with Crippen LogP contribution in [0.5, 0.6) is 0 Å². The van der Waals surface area contributed by atoms with E-state index < -0.39 is 15.8 Å². The van der Waals surface area contributed by atoms with Crippen LogP contribution in [-0.2, 0) is 10.0 Å². The van der Waals surface area contributed by atoms with Gasteiger partial charge in [-0.1, -0.05) is 5.92 Å². The third kappa shape index (κ3) is 3.43. The smallest absolute Gasteiger partial charge is 0.243 e. The first kappa shape index (κ1) is 14.0. The highest BCUT2D eigenvalue weighted by Gasteiger charge is 2.18. The third-order valence-corrected chi connectivity index (χ3v) is 3.93. The topological polar surface area (TPSA) is 72.2 Å². The second kappa shape index (κ2) is 5.49. The molecule has 0 unspecified atom stereocenters. The fourth-order valence-corrected chi connectivity index (χ4v) is 2.63. The summed E-state index contributed by atoms with van der Waals surface area (Å²) >= 11 is 2.90. The number of nitrogens with one attached hydrogen (secondary N) is 1. The Hall–Kier alpha value is -1.10. The number of halogens is 2.